The van der Waals surface area contributed by atoms with E-state index < -0.39 is 0 Å². The third-order valence-electron chi connectivity index (χ3n) is 3.07. The quantitative estimate of drug-likeness (QED) is 0.682. The Morgan fingerprint density at radius 1 is 1.35 bits per heavy atom. The van der Waals surface area contributed by atoms with Crippen molar-refractivity contribution >= 4 is 23.2 Å². The highest BCUT2D eigenvalue weighted by Crippen LogP contribution is 2.23. The van der Waals surface area contributed by atoms with Crippen molar-refractivity contribution in [2.45, 2.75) is 32.7 Å². The van der Waals surface area contributed by atoms with E-state index in [1.165, 1.54) is 16.2 Å². The van der Waals surface area contributed by atoms with E-state index in [4.69, 9.17) is 5.11 Å². The number of nitrogens with zero attached hydrogens (tertiary/aromatic N) is 1. The van der Waals surface area contributed by atoms with Crippen LogP contribution >= 0.6 is 11.3 Å². The molecule has 0 atom stereocenters. The monoisotopic (exact) mass is 291 g/mol. The van der Waals surface area contributed by atoms with E-state index in [-0.39, 0.29) is 24.3 Å². The lowest BCUT2D eigenvalue weighted by Gasteiger charge is -2.27. The molecule has 2 amide bonds. The standard InChI is InChI=1S/C15H17NO3S/c1-11-8-14(18)16(15(19)9-11)10-13-6-5-12(20-13)4-2-3-7-17/h5-6,11,17H,3,7-10H2,1H3. The van der Waals surface area contributed by atoms with Crippen LogP contribution in [0.2, 0.25) is 0 Å². The molecule has 1 aromatic heterocycles. The fraction of sp³-hybridized carbons (Fsp3) is 0.467. The van der Waals surface area contributed by atoms with Crippen LogP contribution in [0.4, 0.5) is 0 Å². The molecule has 0 spiro atoms. The molecule has 1 aliphatic heterocycles. The first-order valence-electron chi connectivity index (χ1n) is 6.61. The van der Waals surface area contributed by atoms with Crippen LogP contribution in [0.15, 0.2) is 12.1 Å². The van der Waals surface area contributed by atoms with Crippen molar-refractivity contribution in [1.82, 2.24) is 4.90 Å². The van der Waals surface area contributed by atoms with Crippen molar-refractivity contribution in [2.75, 3.05) is 6.61 Å². The minimum Gasteiger partial charge on any atom is -0.395 e. The average molecular weight is 291 g/mol. The summed E-state index contributed by atoms with van der Waals surface area (Å²) in [6.07, 6.45) is 1.34. The van der Waals surface area contributed by atoms with Crippen LogP contribution in [0.1, 0.15) is 35.9 Å². The maximum atomic E-state index is 11.9. The van der Waals surface area contributed by atoms with Crippen molar-refractivity contribution in [1.29, 1.82) is 0 Å². The minimum absolute atomic E-state index is 0.0558. The van der Waals surface area contributed by atoms with Gasteiger partial charge in [-0.1, -0.05) is 18.8 Å². The van der Waals surface area contributed by atoms with Gasteiger partial charge in [-0.05, 0) is 18.1 Å². The molecule has 1 fully saturated rings. The van der Waals surface area contributed by atoms with Crippen LogP contribution in [0.25, 0.3) is 0 Å². The summed E-state index contributed by atoms with van der Waals surface area (Å²) in [5.74, 6) is 5.78. The number of carbonyl (C=O) groups is 2. The van der Waals surface area contributed by atoms with Crippen molar-refractivity contribution in [2.24, 2.45) is 5.92 Å². The summed E-state index contributed by atoms with van der Waals surface area (Å²) in [4.78, 5) is 27.0. The van der Waals surface area contributed by atoms with Gasteiger partial charge >= 0.3 is 0 Å². The number of carbonyl (C=O) groups excluding carboxylic acids is 2. The number of piperidine rings is 1. The number of hydrogen-bond acceptors (Lipinski definition) is 4. The molecule has 0 unspecified atom stereocenters. The Kier molecular flexibility index (Phi) is 4.94. The van der Waals surface area contributed by atoms with Gasteiger partial charge in [0.1, 0.15) is 0 Å². The predicted molar refractivity (Wildman–Crippen MR) is 76.9 cm³/mol. The third-order valence-corrected chi connectivity index (χ3v) is 4.06. The molecular formula is C15H17NO3S. The van der Waals surface area contributed by atoms with Gasteiger partial charge < -0.3 is 5.11 Å². The summed E-state index contributed by atoms with van der Waals surface area (Å²) >= 11 is 1.48. The number of thiophene rings is 1. The summed E-state index contributed by atoms with van der Waals surface area (Å²) < 4.78 is 0. The molecule has 0 aliphatic carbocycles. The van der Waals surface area contributed by atoms with E-state index >= 15 is 0 Å². The van der Waals surface area contributed by atoms with E-state index in [9.17, 15) is 9.59 Å². The highest BCUT2D eigenvalue weighted by molar-refractivity contribution is 7.12. The summed E-state index contributed by atoms with van der Waals surface area (Å²) in [7, 11) is 0. The fourth-order valence-corrected chi connectivity index (χ4v) is 2.97. The Hall–Kier alpha value is -1.64. The largest absolute Gasteiger partial charge is 0.395 e. The fourth-order valence-electron chi connectivity index (χ4n) is 2.10. The lowest BCUT2D eigenvalue weighted by molar-refractivity contribution is -0.150. The lowest BCUT2D eigenvalue weighted by atomic mass is 9.98. The molecule has 2 heterocycles. The Morgan fingerprint density at radius 3 is 2.70 bits per heavy atom. The second-order valence-corrected chi connectivity index (χ2v) is 6.10. The molecule has 1 aromatic rings. The smallest absolute Gasteiger partial charge is 0.229 e. The molecule has 106 valence electrons. The van der Waals surface area contributed by atoms with Gasteiger partial charge in [0.05, 0.1) is 18.0 Å². The van der Waals surface area contributed by atoms with Crippen molar-refractivity contribution in [3.8, 4) is 11.8 Å². The topological polar surface area (TPSA) is 57.6 Å². The Balaban J connectivity index is 2.02. The SMILES string of the molecule is CC1CC(=O)N(Cc2ccc(C#CCCO)s2)C(=O)C1. The van der Waals surface area contributed by atoms with Gasteiger partial charge in [0, 0.05) is 24.1 Å². The van der Waals surface area contributed by atoms with Crippen molar-refractivity contribution in [3.63, 3.8) is 0 Å². The summed E-state index contributed by atoms with van der Waals surface area (Å²) in [6, 6.07) is 3.78. The number of likely N-dealkylation sites (tertiary alicyclic amines) is 1. The van der Waals surface area contributed by atoms with Gasteiger partial charge in [0.25, 0.3) is 0 Å². The summed E-state index contributed by atoms with van der Waals surface area (Å²) in [5.41, 5.74) is 0. The second-order valence-electron chi connectivity index (χ2n) is 4.93. The molecule has 2 rings (SSSR count). The number of aliphatic hydroxyl groups is 1. The van der Waals surface area contributed by atoms with E-state index in [2.05, 4.69) is 11.8 Å². The van der Waals surface area contributed by atoms with E-state index in [1.807, 2.05) is 19.1 Å². The van der Waals surface area contributed by atoms with Gasteiger partial charge in [-0.3, -0.25) is 14.5 Å². The number of amides is 2. The number of hydrogen-bond donors (Lipinski definition) is 1. The Bertz CT molecular complexity index is 549. The van der Waals surface area contributed by atoms with Crippen LogP contribution in [-0.2, 0) is 16.1 Å². The molecule has 0 saturated carbocycles. The average Bonchev–Trinajstić information content (AvgIpc) is 2.82. The molecule has 0 aromatic carbocycles. The van der Waals surface area contributed by atoms with Crippen molar-refractivity contribution in [3.05, 3.63) is 21.9 Å². The molecule has 5 heteroatoms. The maximum absolute atomic E-state index is 11.9. The number of aliphatic hydroxyl groups excluding tert-OH is 1. The van der Waals surface area contributed by atoms with Crippen LogP contribution in [-0.4, -0.2) is 28.4 Å². The molecule has 4 nitrogen and oxygen atoms in total. The number of imide groups is 1. The maximum Gasteiger partial charge on any atom is 0.229 e. The van der Waals surface area contributed by atoms with Gasteiger partial charge in [-0.15, -0.1) is 11.3 Å². The predicted octanol–water partition coefficient (Wildman–Crippen LogP) is 1.77. The highest BCUT2D eigenvalue weighted by atomic mass is 32.1. The highest BCUT2D eigenvalue weighted by Gasteiger charge is 2.30. The van der Waals surface area contributed by atoms with Crippen LogP contribution in [0.5, 0.6) is 0 Å². The molecule has 20 heavy (non-hydrogen) atoms. The zero-order chi connectivity index (χ0) is 14.5. The van der Waals surface area contributed by atoms with Crippen LogP contribution in [0.3, 0.4) is 0 Å². The van der Waals surface area contributed by atoms with E-state index in [1.54, 1.807) is 0 Å². The first-order chi connectivity index (χ1) is 9.60. The third kappa shape index (κ3) is 3.69. The molecular weight excluding hydrogens is 274 g/mol. The first kappa shape index (κ1) is 14.8. The molecule has 0 bridgehead atoms. The van der Waals surface area contributed by atoms with Crippen LogP contribution in [0, 0.1) is 17.8 Å². The van der Waals surface area contributed by atoms with Gasteiger partial charge in [-0.2, -0.15) is 0 Å². The Labute approximate surface area is 122 Å². The summed E-state index contributed by atoms with van der Waals surface area (Å²) in [6.45, 7) is 2.32. The zero-order valence-electron chi connectivity index (χ0n) is 11.4. The van der Waals surface area contributed by atoms with E-state index in [0.29, 0.717) is 25.8 Å². The molecule has 1 saturated heterocycles. The van der Waals surface area contributed by atoms with Gasteiger partial charge in [0.2, 0.25) is 11.8 Å². The normalized spacial score (nSPS) is 16.2. The minimum atomic E-state index is -0.0879. The van der Waals surface area contributed by atoms with Crippen LogP contribution < -0.4 is 0 Å². The van der Waals surface area contributed by atoms with E-state index in [0.717, 1.165) is 9.75 Å². The van der Waals surface area contributed by atoms with Crippen molar-refractivity contribution < 1.29 is 14.7 Å². The van der Waals surface area contributed by atoms with Gasteiger partial charge in [-0.25, -0.2) is 0 Å². The first-order valence-corrected chi connectivity index (χ1v) is 7.43. The Morgan fingerprint density at radius 2 is 2.05 bits per heavy atom. The van der Waals surface area contributed by atoms with Gasteiger partial charge in [0.15, 0.2) is 0 Å². The second kappa shape index (κ2) is 6.69. The lowest BCUT2D eigenvalue weighted by Crippen LogP contribution is -2.41. The number of rotatable bonds is 3. The zero-order valence-corrected chi connectivity index (χ0v) is 12.2. The molecule has 0 radical (unpaired) electrons. The summed E-state index contributed by atoms with van der Waals surface area (Å²) in [5, 5.41) is 8.66. The molecule has 1 N–H and O–H groups in total. The molecule has 1 aliphatic rings.